The van der Waals surface area contributed by atoms with Gasteiger partial charge >= 0.3 is 77.1 Å². The predicted octanol–water partition coefficient (Wildman–Crippen LogP) is 4.23. The fraction of sp³-hybridized carbons (Fsp3) is 0.500. The van der Waals surface area contributed by atoms with Crippen LogP contribution >= 0.6 is 59.9 Å². The van der Waals surface area contributed by atoms with E-state index in [2.05, 4.69) is 70.2 Å². The van der Waals surface area contributed by atoms with E-state index in [1.165, 1.54) is 11.1 Å². The molecule has 0 radical (unpaired) electrons. The van der Waals surface area contributed by atoms with Gasteiger partial charge in [0.25, 0.3) is 5.91 Å². The SMILES string of the molecule is O=C1N(CC(F)(F)F)C(=O)C2(Cc3ccccn3)C[N-]CCN12.[I][V]([I])[I].[Pt]. The quantitative estimate of drug-likeness (QED) is 0.337. The number of halogens is 6. The number of nitrogens with zero attached hydrogens (tertiary/aromatic N) is 4. The molecule has 28 heavy (non-hydrogen) atoms. The Kier molecular flexibility index (Phi) is 11.5. The van der Waals surface area contributed by atoms with Gasteiger partial charge in [0.15, 0.2) is 0 Å². The van der Waals surface area contributed by atoms with E-state index in [9.17, 15) is 22.8 Å². The summed E-state index contributed by atoms with van der Waals surface area (Å²) < 4.78 is 38.0. The van der Waals surface area contributed by atoms with Gasteiger partial charge in [0.1, 0.15) is 12.1 Å². The minimum Gasteiger partial charge on any atom is 0 e. The van der Waals surface area contributed by atoms with E-state index >= 15 is 0 Å². The van der Waals surface area contributed by atoms with E-state index in [-0.39, 0.29) is 50.4 Å². The number of fused-ring (bicyclic) bond motifs is 1. The van der Waals surface area contributed by atoms with Crippen molar-refractivity contribution in [3.05, 3.63) is 35.4 Å². The number of amides is 3. The monoisotopic (exact) mass is 954 g/mol. The molecule has 3 heterocycles. The summed E-state index contributed by atoms with van der Waals surface area (Å²) in [5.74, 6) is -0.853. The zero-order valence-corrected chi connectivity index (χ0v) is 24.1. The Bertz CT molecular complexity index is 687. The normalized spacial score (nSPS) is 21.8. The molecule has 2 saturated heterocycles. The number of pyridine rings is 1. The zero-order valence-electron chi connectivity index (χ0n) is 14.0. The average Bonchev–Trinajstić information content (AvgIpc) is 2.76. The Morgan fingerprint density at radius 1 is 1.25 bits per heavy atom. The van der Waals surface area contributed by atoms with Crippen LogP contribution in [-0.4, -0.2) is 64.6 Å². The first kappa shape index (κ1) is 27.3. The summed E-state index contributed by atoms with van der Waals surface area (Å²) in [5, 5.41) is 4.15. The van der Waals surface area contributed by atoms with Crippen LogP contribution in [0, 0.1) is 0 Å². The average molecular weight is 954 g/mol. The standard InChI is InChI=1S/C14H14F3N4O2.3HI.Pt.V/c15-14(16,17)9-20-11(22)13(7-10-3-1-2-4-19-10)8-18-5-6-21(13)12(20)23;;;;;/h1-4H,5-9H2;3*1H;;/q-1;;;;;+3/p-3. The summed E-state index contributed by atoms with van der Waals surface area (Å²) >= 11 is 7.39. The Balaban J connectivity index is 0.000000717. The first-order valence-electron chi connectivity index (χ1n) is 7.58. The van der Waals surface area contributed by atoms with Crippen LogP contribution in [-0.2, 0) is 37.2 Å². The summed E-state index contributed by atoms with van der Waals surface area (Å²) in [4.78, 5) is 30.3. The summed E-state index contributed by atoms with van der Waals surface area (Å²) in [5.41, 5.74) is -0.862. The third-order valence-corrected chi connectivity index (χ3v) is 4.01. The first-order chi connectivity index (χ1) is 12.6. The molecule has 160 valence electrons. The molecule has 0 spiro atoms. The molecule has 1 atom stereocenters. The van der Waals surface area contributed by atoms with E-state index in [0.29, 0.717) is 12.2 Å². The maximum atomic E-state index is 12.7. The Labute approximate surface area is 212 Å². The van der Waals surface area contributed by atoms with E-state index < -0.39 is 30.2 Å². The van der Waals surface area contributed by atoms with Gasteiger partial charge in [0.05, 0.1) is 0 Å². The summed E-state index contributed by atoms with van der Waals surface area (Å²) in [6.45, 7) is -1.15. The van der Waals surface area contributed by atoms with Crippen molar-refractivity contribution in [2.75, 3.05) is 26.2 Å². The molecule has 0 aliphatic carbocycles. The predicted molar refractivity (Wildman–Crippen MR) is 116 cm³/mol. The van der Waals surface area contributed by atoms with Gasteiger partial charge in [-0.1, -0.05) is 6.07 Å². The van der Waals surface area contributed by atoms with E-state index in [0.717, 1.165) is 0 Å². The minimum atomic E-state index is -4.64. The summed E-state index contributed by atoms with van der Waals surface area (Å²) in [6.07, 6.45) is -3.05. The molecule has 0 saturated carbocycles. The van der Waals surface area contributed by atoms with Crippen LogP contribution in [0.4, 0.5) is 18.0 Å². The fourth-order valence-electron chi connectivity index (χ4n) is 3.03. The van der Waals surface area contributed by atoms with Crippen molar-refractivity contribution in [2.45, 2.75) is 18.1 Å². The van der Waals surface area contributed by atoms with Crippen LogP contribution in [0.3, 0.4) is 0 Å². The number of carbonyl (C=O) groups is 2. The van der Waals surface area contributed by atoms with Gasteiger partial charge in [-0.3, -0.25) is 14.7 Å². The van der Waals surface area contributed by atoms with Crippen molar-refractivity contribution in [3.63, 3.8) is 0 Å². The molecule has 1 aromatic heterocycles. The van der Waals surface area contributed by atoms with Gasteiger partial charge in [-0.25, -0.2) is 4.79 Å². The fourth-order valence-corrected chi connectivity index (χ4v) is 3.03. The van der Waals surface area contributed by atoms with Gasteiger partial charge in [-0.15, -0.1) is 13.1 Å². The number of hydrogen-bond acceptors (Lipinski definition) is 3. The Morgan fingerprint density at radius 3 is 2.43 bits per heavy atom. The second-order valence-electron chi connectivity index (χ2n) is 5.77. The van der Waals surface area contributed by atoms with Crippen molar-refractivity contribution in [1.82, 2.24) is 14.8 Å². The molecule has 1 aromatic rings. The molecule has 2 aliphatic rings. The van der Waals surface area contributed by atoms with Crippen LogP contribution in [0.5, 0.6) is 0 Å². The molecule has 0 N–H and O–H groups in total. The van der Waals surface area contributed by atoms with Crippen LogP contribution in [0.15, 0.2) is 24.4 Å². The number of aromatic nitrogens is 1. The summed E-state index contributed by atoms with van der Waals surface area (Å²) in [7, 11) is 0. The Morgan fingerprint density at radius 2 is 1.89 bits per heavy atom. The molecule has 3 amide bonds. The molecule has 1 unspecified atom stereocenters. The van der Waals surface area contributed by atoms with Crippen LogP contribution in [0.25, 0.3) is 5.32 Å². The van der Waals surface area contributed by atoms with Crippen molar-refractivity contribution >= 4 is 71.9 Å². The zero-order chi connectivity index (χ0) is 20.2. The van der Waals surface area contributed by atoms with Gasteiger partial charge in [-0.05, 0) is 12.1 Å². The number of alkyl halides is 3. The Hall–Kier alpha value is 1.30. The third-order valence-electron chi connectivity index (χ3n) is 4.01. The second kappa shape index (κ2) is 11.8. The van der Waals surface area contributed by atoms with Gasteiger partial charge < -0.3 is 10.2 Å². The maximum Gasteiger partial charge on any atom is 0 e. The smallest absolute Gasteiger partial charge is 0 e. The molecule has 0 bridgehead atoms. The topological polar surface area (TPSA) is 67.6 Å². The minimum absolute atomic E-state index is 0. The molecular formula is C14H14F3I3N4O2PtV-. The van der Waals surface area contributed by atoms with Gasteiger partial charge in [0.2, 0.25) is 0 Å². The second-order valence-corrected chi connectivity index (χ2v) is 41.1. The molecule has 0 aromatic carbocycles. The number of hydrogen-bond donors (Lipinski definition) is 0. The van der Waals surface area contributed by atoms with Gasteiger partial charge in [-0.2, -0.15) is 13.2 Å². The van der Waals surface area contributed by atoms with Crippen LogP contribution < -0.4 is 0 Å². The van der Waals surface area contributed by atoms with E-state index in [1.54, 1.807) is 18.2 Å². The first-order valence-corrected chi connectivity index (χ1v) is 21.1. The molecule has 2 aliphatic heterocycles. The molecule has 3 rings (SSSR count). The van der Waals surface area contributed by atoms with Crippen LogP contribution in [0.2, 0.25) is 0 Å². The molecular weight excluding hydrogens is 940 g/mol. The molecule has 14 heteroatoms. The van der Waals surface area contributed by atoms with Gasteiger partial charge in [0, 0.05) is 45.9 Å². The van der Waals surface area contributed by atoms with Crippen molar-refractivity contribution in [1.29, 1.82) is 0 Å². The molecule has 2 fully saturated rings. The van der Waals surface area contributed by atoms with E-state index in [1.807, 2.05) is 0 Å². The number of carbonyl (C=O) groups excluding carboxylic acids is 2. The van der Waals surface area contributed by atoms with E-state index in [4.69, 9.17) is 0 Å². The maximum absolute atomic E-state index is 12.7. The van der Waals surface area contributed by atoms with Crippen molar-refractivity contribution in [3.8, 4) is 0 Å². The largest absolute Gasteiger partial charge is 0 e. The molecule has 6 nitrogen and oxygen atoms in total. The van der Waals surface area contributed by atoms with Crippen molar-refractivity contribution < 1.29 is 48.7 Å². The number of imide groups is 1. The van der Waals surface area contributed by atoms with Crippen LogP contribution in [0.1, 0.15) is 5.69 Å². The number of piperazine rings is 1. The number of urea groups is 1. The van der Waals surface area contributed by atoms with Crippen molar-refractivity contribution in [2.24, 2.45) is 0 Å². The summed E-state index contributed by atoms with van der Waals surface area (Å²) in [6, 6.07) is 4.18. The number of rotatable bonds is 3. The third kappa shape index (κ3) is 7.18.